The highest BCUT2D eigenvalue weighted by Crippen LogP contribution is 2.27. The molecule has 0 spiro atoms. The van der Waals surface area contributed by atoms with Crippen molar-refractivity contribution in [1.29, 1.82) is 0 Å². The van der Waals surface area contributed by atoms with Crippen LogP contribution in [0, 0.1) is 3.57 Å². The van der Waals surface area contributed by atoms with Crippen LogP contribution in [0.3, 0.4) is 0 Å². The molecule has 0 fully saturated rings. The fourth-order valence-corrected chi connectivity index (χ4v) is 2.31. The minimum atomic E-state index is -0.122. The van der Waals surface area contributed by atoms with E-state index in [0.29, 0.717) is 10.8 Å². The van der Waals surface area contributed by atoms with Gasteiger partial charge in [0, 0.05) is 14.9 Å². The van der Waals surface area contributed by atoms with Crippen LogP contribution in [0.25, 0.3) is 0 Å². The van der Waals surface area contributed by atoms with E-state index in [1.807, 2.05) is 30.3 Å². The van der Waals surface area contributed by atoms with E-state index in [1.54, 1.807) is 19.2 Å². The summed E-state index contributed by atoms with van der Waals surface area (Å²) >= 11 is 8.24. The highest BCUT2D eigenvalue weighted by molar-refractivity contribution is 14.1. The molecule has 110 valence electrons. The molecule has 0 atom stereocenters. The SMILES string of the molecule is COc1ccc(NCC(=O)Nc2ccc(I)cc2)cc1Cl. The Balaban J connectivity index is 1.89. The second-order valence-electron chi connectivity index (χ2n) is 4.26. The molecule has 0 aliphatic rings. The Labute approximate surface area is 142 Å². The third-order valence-corrected chi connectivity index (χ3v) is 3.75. The topological polar surface area (TPSA) is 50.4 Å². The lowest BCUT2D eigenvalue weighted by Crippen LogP contribution is -2.21. The van der Waals surface area contributed by atoms with Gasteiger partial charge in [-0.2, -0.15) is 0 Å². The average molecular weight is 417 g/mol. The number of hydrogen-bond donors (Lipinski definition) is 2. The molecule has 0 saturated carbocycles. The predicted molar refractivity (Wildman–Crippen MR) is 94.3 cm³/mol. The van der Waals surface area contributed by atoms with E-state index in [0.717, 1.165) is 14.9 Å². The van der Waals surface area contributed by atoms with Crippen molar-refractivity contribution in [3.8, 4) is 5.75 Å². The Morgan fingerprint density at radius 1 is 1.19 bits per heavy atom. The molecule has 2 rings (SSSR count). The summed E-state index contributed by atoms with van der Waals surface area (Å²) < 4.78 is 6.20. The predicted octanol–water partition coefficient (Wildman–Crippen LogP) is 4.00. The van der Waals surface area contributed by atoms with E-state index in [1.165, 1.54) is 0 Å². The number of rotatable bonds is 5. The lowest BCUT2D eigenvalue weighted by molar-refractivity contribution is -0.114. The number of methoxy groups -OCH3 is 1. The number of benzene rings is 2. The molecule has 1 amide bonds. The van der Waals surface area contributed by atoms with Gasteiger partial charge in [0.05, 0.1) is 18.7 Å². The standard InChI is InChI=1S/C15H14ClIN2O2/c1-21-14-7-6-12(8-13(14)16)18-9-15(20)19-11-4-2-10(17)3-5-11/h2-8,18H,9H2,1H3,(H,19,20). The number of anilines is 2. The van der Waals surface area contributed by atoms with Gasteiger partial charge in [-0.05, 0) is 65.1 Å². The van der Waals surface area contributed by atoms with E-state index in [9.17, 15) is 4.79 Å². The first-order chi connectivity index (χ1) is 10.1. The molecule has 0 heterocycles. The van der Waals surface area contributed by atoms with Crippen molar-refractivity contribution in [2.24, 2.45) is 0 Å². The first kappa shape index (κ1) is 15.9. The van der Waals surface area contributed by atoms with Crippen molar-refractivity contribution in [3.63, 3.8) is 0 Å². The van der Waals surface area contributed by atoms with E-state index < -0.39 is 0 Å². The zero-order chi connectivity index (χ0) is 15.2. The van der Waals surface area contributed by atoms with E-state index in [-0.39, 0.29) is 12.5 Å². The Morgan fingerprint density at radius 2 is 1.86 bits per heavy atom. The fraction of sp³-hybridized carbons (Fsp3) is 0.133. The van der Waals surface area contributed by atoms with Crippen molar-refractivity contribution in [3.05, 3.63) is 51.1 Å². The van der Waals surface area contributed by atoms with Crippen molar-refractivity contribution >= 4 is 51.5 Å². The summed E-state index contributed by atoms with van der Waals surface area (Å²) in [7, 11) is 1.56. The number of nitrogens with one attached hydrogen (secondary N) is 2. The molecule has 6 heteroatoms. The number of amides is 1. The monoisotopic (exact) mass is 416 g/mol. The molecule has 0 aromatic heterocycles. The molecule has 0 radical (unpaired) electrons. The van der Waals surface area contributed by atoms with Gasteiger partial charge >= 0.3 is 0 Å². The molecule has 0 aliphatic heterocycles. The van der Waals surface area contributed by atoms with Gasteiger partial charge in [0.2, 0.25) is 5.91 Å². The van der Waals surface area contributed by atoms with E-state index in [4.69, 9.17) is 16.3 Å². The highest BCUT2D eigenvalue weighted by atomic mass is 127. The van der Waals surface area contributed by atoms with Crippen molar-refractivity contribution in [2.75, 3.05) is 24.3 Å². The van der Waals surface area contributed by atoms with Gasteiger partial charge in [-0.15, -0.1) is 0 Å². The molecule has 2 N–H and O–H groups in total. The summed E-state index contributed by atoms with van der Waals surface area (Å²) in [5, 5.41) is 6.33. The van der Waals surface area contributed by atoms with E-state index in [2.05, 4.69) is 33.2 Å². The lowest BCUT2D eigenvalue weighted by Gasteiger charge is -2.09. The van der Waals surface area contributed by atoms with E-state index >= 15 is 0 Å². The largest absolute Gasteiger partial charge is 0.495 e. The van der Waals surface area contributed by atoms with Gasteiger partial charge in [-0.3, -0.25) is 4.79 Å². The van der Waals surface area contributed by atoms with Gasteiger partial charge < -0.3 is 15.4 Å². The van der Waals surface area contributed by atoms with Crippen molar-refractivity contribution in [2.45, 2.75) is 0 Å². The third-order valence-electron chi connectivity index (χ3n) is 2.73. The van der Waals surface area contributed by atoms with Gasteiger partial charge in [-0.1, -0.05) is 11.6 Å². The van der Waals surface area contributed by atoms with Gasteiger partial charge in [0.1, 0.15) is 5.75 Å². The van der Waals surface area contributed by atoms with Crippen LogP contribution in [0.2, 0.25) is 5.02 Å². The minimum Gasteiger partial charge on any atom is -0.495 e. The quantitative estimate of drug-likeness (QED) is 0.724. The molecule has 0 saturated heterocycles. The molecule has 0 unspecified atom stereocenters. The lowest BCUT2D eigenvalue weighted by atomic mass is 10.3. The molecular formula is C15H14ClIN2O2. The maximum atomic E-state index is 11.8. The van der Waals surface area contributed by atoms with Crippen LogP contribution >= 0.6 is 34.2 Å². The summed E-state index contributed by atoms with van der Waals surface area (Å²) in [6.45, 7) is 0.161. The highest BCUT2D eigenvalue weighted by Gasteiger charge is 2.05. The molecule has 2 aromatic carbocycles. The molecule has 0 bridgehead atoms. The minimum absolute atomic E-state index is 0.122. The van der Waals surface area contributed by atoms with Crippen LogP contribution in [0.15, 0.2) is 42.5 Å². The maximum Gasteiger partial charge on any atom is 0.243 e. The summed E-state index contributed by atoms with van der Waals surface area (Å²) in [5.74, 6) is 0.480. The number of hydrogen-bond acceptors (Lipinski definition) is 3. The number of halogens is 2. The fourth-order valence-electron chi connectivity index (χ4n) is 1.70. The van der Waals surface area contributed by atoms with Gasteiger partial charge in [0.15, 0.2) is 0 Å². The van der Waals surface area contributed by atoms with Crippen LogP contribution < -0.4 is 15.4 Å². The Hall–Kier alpha value is -1.47. The van der Waals surface area contributed by atoms with Crippen LogP contribution in [-0.2, 0) is 4.79 Å². The van der Waals surface area contributed by atoms with Crippen LogP contribution in [0.5, 0.6) is 5.75 Å². The zero-order valence-corrected chi connectivity index (χ0v) is 14.2. The molecular weight excluding hydrogens is 403 g/mol. The molecule has 0 aliphatic carbocycles. The van der Waals surface area contributed by atoms with Crippen molar-refractivity contribution in [1.82, 2.24) is 0 Å². The summed E-state index contributed by atoms with van der Waals surface area (Å²) in [4.78, 5) is 11.8. The Bertz CT molecular complexity index is 632. The van der Waals surface area contributed by atoms with Crippen molar-refractivity contribution < 1.29 is 9.53 Å². The summed E-state index contributed by atoms with van der Waals surface area (Å²) in [6, 6.07) is 12.9. The second-order valence-corrected chi connectivity index (χ2v) is 5.91. The number of carbonyl (C=O) groups excluding carboxylic acids is 1. The Morgan fingerprint density at radius 3 is 2.48 bits per heavy atom. The maximum absolute atomic E-state index is 11.8. The normalized spacial score (nSPS) is 10.0. The van der Waals surface area contributed by atoms with Crippen LogP contribution in [0.1, 0.15) is 0 Å². The molecule has 2 aromatic rings. The smallest absolute Gasteiger partial charge is 0.243 e. The number of ether oxygens (including phenoxy) is 1. The van der Waals surface area contributed by atoms with Gasteiger partial charge in [-0.25, -0.2) is 0 Å². The zero-order valence-electron chi connectivity index (χ0n) is 11.3. The van der Waals surface area contributed by atoms with Crippen LogP contribution in [0.4, 0.5) is 11.4 Å². The average Bonchev–Trinajstić information content (AvgIpc) is 2.48. The summed E-state index contributed by atoms with van der Waals surface area (Å²) in [5.41, 5.74) is 1.54. The second kappa shape index (κ2) is 7.51. The van der Waals surface area contributed by atoms with Crippen LogP contribution in [-0.4, -0.2) is 19.6 Å². The van der Waals surface area contributed by atoms with Gasteiger partial charge in [0.25, 0.3) is 0 Å². The molecule has 21 heavy (non-hydrogen) atoms. The molecule has 4 nitrogen and oxygen atoms in total. The first-order valence-corrected chi connectivity index (χ1v) is 7.67. The third kappa shape index (κ3) is 4.78. The Kier molecular flexibility index (Phi) is 5.69. The number of carbonyl (C=O) groups is 1. The summed E-state index contributed by atoms with van der Waals surface area (Å²) in [6.07, 6.45) is 0. The first-order valence-electron chi connectivity index (χ1n) is 6.21.